The molecule has 0 unspecified atom stereocenters. The van der Waals surface area contributed by atoms with Gasteiger partial charge in [-0.3, -0.25) is 14.5 Å². The van der Waals surface area contributed by atoms with Crippen LogP contribution in [-0.2, 0) is 11.5 Å². The van der Waals surface area contributed by atoms with Crippen molar-refractivity contribution in [2.24, 2.45) is 7.05 Å². The van der Waals surface area contributed by atoms with E-state index in [0.717, 1.165) is 59.5 Å². The second-order valence-corrected chi connectivity index (χ2v) is 16.9. The molecule has 39 heavy (non-hydrogen) atoms. The fourth-order valence-corrected chi connectivity index (χ4v) is 6.27. The van der Waals surface area contributed by atoms with Crippen molar-refractivity contribution >= 4 is 36.5 Å². The van der Waals surface area contributed by atoms with E-state index >= 15 is 0 Å². The average Bonchev–Trinajstić information content (AvgIpc) is 3.49. The summed E-state index contributed by atoms with van der Waals surface area (Å²) in [6.45, 7) is 15.0. The largest absolute Gasteiger partial charge is 0.451 e. The second-order valence-electron chi connectivity index (χ2n) is 12.1. The van der Waals surface area contributed by atoms with Crippen LogP contribution in [0.3, 0.4) is 0 Å². The number of nitrogens with one attached hydrogen (secondary N) is 1. The van der Waals surface area contributed by atoms with Crippen LogP contribution in [0.25, 0.3) is 22.2 Å². The van der Waals surface area contributed by atoms with Gasteiger partial charge in [0.1, 0.15) is 5.76 Å². The van der Waals surface area contributed by atoms with Gasteiger partial charge in [-0.2, -0.15) is 5.10 Å². The Morgan fingerprint density at radius 2 is 1.97 bits per heavy atom. The second kappa shape index (κ2) is 10.3. The third kappa shape index (κ3) is 5.79. The number of benzene rings is 1. The minimum absolute atomic E-state index is 0.151. The summed E-state index contributed by atoms with van der Waals surface area (Å²) in [4.78, 5) is 20.0. The normalized spacial score (nSPS) is 16.6. The molecule has 1 N–H and O–H groups in total. The highest BCUT2D eigenvalue weighted by atomic mass is 28.4. The van der Waals surface area contributed by atoms with Crippen LogP contribution in [0.2, 0.25) is 18.1 Å². The predicted octanol–water partition coefficient (Wildman–Crippen LogP) is 6.78. The Morgan fingerprint density at radius 3 is 2.72 bits per heavy atom. The minimum Gasteiger partial charge on any atom is -0.451 e. The highest BCUT2D eigenvalue weighted by Crippen LogP contribution is 2.39. The van der Waals surface area contributed by atoms with Crippen LogP contribution >= 0.6 is 0 Å². The molecule has 0 aliphatic carbocycles. The lowest BCUT2D eigenvalue weighted by Crippen LogP contribution is -2.49. The first-order valence-electron chi connectivity index (χ1n) is 13.6. The molecule has 1 saturated heterocycles. The maximum Gasteiger partial charge on any atom is 0.291 e. The molecule has 206 valence electrons. The number of hydrogen-bond donors (Lipinski definition) is 1. The van der Waals surface area contributed by atoms with Gasteiger partial charge in [-0.25, -0.2) is 0 Å². The first-order valence-corrected chi connectivity index (χ1v) is 16.5. The highest BCUT2D eigenvalue weighted by molar-refractivity contribution is 6.74. The number of anilines is 2. The van der Waals surface area contributed by atoms with Crippen molar-refractivity contribution in [2.45, 2.75) is 64.8 Å². The summed E-state index contributed by atoms with van der Waals surface area (Å²) in [5.74, 6) is 0.604. The molecule has 0 bridgehead atoms. The number of nitrogens with zero attached hydrogens (tertiary/aromatic N) is 4. The third-order valence-corrected chi connectivity index (χ3v) is 12.5. The average molecular weight is 546 g/mol. The van der Waals surface area contributed by atoms with E-state index < -0.39 is 8.32 Å². The number of fused-ring (bicyclic) bond motifs is 1. The van der Waals surface area contributed by atoms with Gasteiger partial charge in [0.05, 0.1) is 23.0 Å². The molecule has 0 spiro atoms. The Morgan fingerprint density at radius 1 is 1.18 bits per heavy atom. The van der Waals surface area contributed by atoms with Crippen molar-refractivity contribution in [1.82, 2.24) is 14.8 Å². The quantitative estimate of drug-likeness (QED) is 0.269. The van der Waals surface area contributed by atoms with E-state index in [9.17, 15) is 4.79 Å². The van der Waals surface area contributed by atoms with Gasteiger partial charge in [0.25, 0.3) is 5.91 Å². The van der Waals surface area contributed by atoms with Gasteiger partial charge in [0.15, 0.2) is 14.1 Å². The fraction of sp³-hybridized carbons (Fsp3) is 0.433. The Hall–Kier alpha value is -3.43. The number of carbonyl (C=O) groups excluding carboxylic acids is 1. The van der Waals surface area contributed by atoms with Crippen LogP contribution in [0.4, 0.5) is 11.4 Å². The number of piperidine rings is 1. The summed E-state index contributed by atoms with van der Waals surface area (Å²) in [7, 11) is 0.00498. The van der Waals surface area contributed by atoms with Crippen LogP contribution in [0.1, 0.15) is 49.9 Å². The highest BCUT2D eigenvalue weighted by Gasteiger charge is 2.40. The molecular formula is C30H39N5O3Si. The zero-order valence-electron chi connectivity index (χ0n) is 24.0. The van der Waals surface area contributed by atoms with Gasteiger partial charge in [0, 0.05) is 49.2 Å². The van der Waals surface area contributed by atoms with E-state index in [1.807, 2.05) is 44.4 Å². The van der Waals surface area contributed by atoms with E-state index in [1.165, 1.54) is 0 Å². The zero-order chi connectivity index (χ0) is 27.9. The molecule has 4 aromatic rings. The van der Waals surface area contributed by atoms with Crippen molar-refractivity contribution in [2.75, 3.05) is 23.3 Å². The van der Waals surface area contributed by atoms with E-state index in [1.54, 1.807) is 16.9 Å². The molecule has 1 aliphatic heterocycles. The van der Waals surface area contributed by atoms with Crippen molar-refractivity contribution in [3.8, 4) is 11.3 Å². The van der Waals surface area contributed by atoms with Gasteiger partial charge < -0.3 is 19.1 Å². The lowest BCUT2D eigenvalue weighted by Gasteiger charge is -2.43. The number of pyridine rings is 1. The van der Waals surface area contributed by atoms with Crippen LogP contribution in [-0.4, -0.2) is 48.2 Å². The molecule has 1 aliphatic rings. The molecule has 1 fully saturated rings. The predicted molar refractivity (Wildman–Crippen MR) is 159 cm³/mol. The summed E-state index contributed by atoms with van der Waals surface area (Å²) < 4.78 is 14.6. The first kappa shape index (κ1) is 27.1. The van der Waals surface area contributed by atoms with Gasteiger partial charge in [-0.05, 0) is 74.3 Å². The van der Waals surface area contributed by atoms with Crippen molar-refractivity contribution in [3.05, 3.63) is 60.2 Å². The van der Waals surface area contributed by atoms with Gasteiger partial charge >= 0.3 is 0 Å². The van der Waals surface area contributed by atoms with Crippen LogP contribution < -0.4 is 10.2 Å². The zero-order valence-corrected chi connectivity index (χ0v) is 25.0. The maximum atomic E-state index is 13.4. The number of hydrogen-bond acceptors (Lipinski definition) is 6. The number of aromatic nitrogens is 3. The number of rotatable bonds is 6. The van der Waals surface area contributed by atoms with E-state index in [-0.39, 0.29) is 22.8 Å². The molecular weight excluding hydrogens is 506 g/mol. The Labute approximate surface area is 231 Å². The maximum absolute atomic E-state index is 13.4. The Bertz CT molecular complexity index is 1500. The third-order valence-electron chi connectivity index (χ3n) is 7.98. The SMILES string of the molecule is Cc1cc(-c2ccc(C(=O)Nc3cc4cn(C)nc4cc3N3CCC[C@@H](O[Si](C)(C)C(C)(C)C)C3)o2)ccn1. The molecule has 3 aromatic heterocycles. The van der Waals surface area contributed by atoms with Crippen molar-refractivity contribution < 1.29 is 13.6 Å². The van der Waals surface area contributed by atoms with E-state index in [2.05, 4.69) is 60.2 Å². The standard InChI is InChI=1S/C30H39N5O3Si/c1-20-15-21(12-13-31-20)27-10-11-28(37-27)29(36)32-25-16-22-18-34(5)33-24(22)17-26(25)35-14-8-9-23(19-35)38-39(6,7)30(2,3)4/h10-13,15-18,23H,8-9,14,19H2,1-7H3,(H,32,36)/t23-/m1/s1. The molecule has 1 amide bonds. The molecule has 0 radical (unpaired) electrons. The van der Waals surface area contributed by atoms with Crippen molar-refractivity contribution in [1.29, 1.82) is 0 Å². The molecule has 4 heterocycles. The van der Waals surface area contributed by atoms with Gasteiger partial charge in [-0.15, -0.1) is 0 Å². The molecule has 1 atom stereocenters. The summed E-state index contributed by atoms with van der Waals surface area (Å²) in [6.07, 6.45) is 5.92. The molecule has 8 nitrogen and oxygen atoms in total. The van der Waals surface area contributed by atoms with E-state index in [4.69, 9.17) is 8.84 Å². The smallest absolute Gasteiger partial charge is 0.291 e. The lowest BCUT2D eigenvalue weighted by molar-refractivity contribution is 0.0997. The fourth-order valence-electron chi connectivity index (χ4n) is 4.89. The monoisotopic (exact) mass is 545 g/mol. The molecule has 5 rings (SSSR count). The van der Waals surface area contributed by atoms with Crippen LogP contribution in [0.5, 0.6) is 0 Å². The van der Waals surface area contributed by atoms with Gasteiger partial charge in [0.2, 0.25) is 0 Å². The number of amides is 1. The number of aryl methyl sites for hydroxylation is 2. The molecule has 0 saturated carbocycles. The van der Waals surface area contributed by atoms with Gasteiger partial charge in [-0.1, -0.05) is 20.8 Å². The number of carbonyl (C=O) groups is 1. The number of furan rings is 1. The molecule has 9 heteroatoms. The topological polar surface area (TPSA) is 85.4 Å². The lowest BCUT2D eigenvalue weighted by atomic mass is 10.1. The summed E-state index contributed by atoms with van der Waals surface area (Å²) in [5, 5.41) is 8.88. The minimum atomic E-state index is -1.90. The Kier molecular flexibility index (Phi) is 7.15. The van der Waals surface area contributed by atoms with Crippen molar-refractivity contribution in [3.63, 3.8) is 0 Å². The van der Waals surface area contributed by atoms with Crippen LogP contribution in [0, 0.1) is 6.92 Å². The first-order chi connectivity index (χ1) is 18.4. The summed E-state index contributed by atoms with van der Waals surface area (Å²) in [6, 6.07) is 11.4. The molecule has 1 aromatic carbocycles. The summed E-state index contributed by atoms with van der Waals surface area (Å²) in [5.41, 5.74) is 4.37. The van der Waals surface area contributed by atoms with Crippen LogP contribution in [0.15, 0.2) is 53.2 Å². The Balaban J connectivity index is 1.42. The van der Waals surface area contributed by atoms with E-state index in [0.29, 0.717) is 5.76 Å². The summed E-state index contributed by atoms with van der Waals surface area (Å²) >= 11 is 0.